The zero-order valence-electron chi connectivity index (χ0n) is 11.3. The molecule has 0 aliphatic rings. The third-order valence-electron chi connectivity index (χ3n) is 2.72. The summed E-state index contributed by atoms with van der Waals surface area (Å²) in [5.74, 6) is 1.22. The molecule has 0 aliphatic carbocycles. The Labute approximate surface area is 106 Å². The largest absolute Gasteiger partial charge is 0.481 e. The standard InChI is InChI=1S/C12H17N5O/c1-7(2)17-11(18-5)6-10(16-17)12-13-8(3)9(4)14-15-12/h6-7H,1-5H3. The van der Waals surface area contributed by atoms with Crippen LogP contribution >= 0.6 is 0 Å². The summed E-state index contributed by atoms with van der Waals surface area (Å²) in [6.07, 6.45) is 0. The number of ether oxygens (including phenoxy) is 1. The quantitative estimate of drug-likeness (QED) is 0.829. The molecule has 2 heterocycles. The van der Waals surface area contributed by atoms with Gasteiger partial charge in [-0.25, -0.2) is 9.67 Å². The van der Waals surface area contributed by atoms with Crippen LogP contribution in [0.1, 0.15) is 31.3 Å². The van der Waals surface area contributed by atoms with E-state index in [0.717, 1.165) is 11.4 Å². The minimum Gasteiger partial charge on any atom is -0.481 e. The molecule has 0 unspecified atom stereocenters. The molecule has 0 atom stereocenters. The number of methoxy groups -OCH3 is 1. The highest BCUT2D eigenvalue weighted by molar-refractivity contribution is 5.50. The number of hydrogen-bond donors (Lipinski definition) is 0. The van der Waals surface area contributed by atoms with E-state index in [9.17, 15) is 0 Å². The van der Waals surface area contributed by atoms with Crippen LogP contribution in [0.25, 0.3) is 11.5 Å². The van der Waals surface area contributed by atoms with Gasteiger partial charge in [0.1, 0.15) is 5.69 Å². The van der Waals surface area contributed by atoms with Gasteiger partial charge in [-0.15, -0.1) is 5.10 Å². The lowest BCUT2D eigenvalue weighted by Gasteiger charge is -2.08. The summed E-state index contributed by atoms with van der Waals surface area (Å²) in [4.78, 5) is 4.39. The van der Waals surface area contributed by atoms with Crippen LogP contribution in [0.3, 0.4) is 0 Å². The highest BCUT2D eigenvalue weighted by Gasteiger charge is 2.15. The monoisotopic (exact) mass is 247 g/mol. The molecule has 18 heavy (non-hydrogen) atoms. The number of aryl methyl sites for hydroxylation is 2. The predicted octanol–water partition coefficient (Wildman–Crippen LogP) is 1.94. The number of nitrogens with zero attached hydrogens (tertiary/aromatic N) is 5. The predicted molar refractivity (Wildman–Crippen MR) is 67.5 cm³/mol. The first-order valence-corrected chi connectivity index (χ1v) is 5.84. The molecule has 0 saturated heterocycles. The molecule has 0 fully saturated rings. The Hall–Kier alpha value is -1.98. The van der Waals surface area contributed by atoms with E-state index in [-0.39, 0.29) is 6.04 Å². The third-order valence-corrected chi connectivity index (χ3v) is 2.72. The van der Waals surface area contributed by atoms with Crippen molar-refractivity contribution in [1.29, 1.82) is 0 Å². The lowest BCUT2D eigenvalue weighted by atomic mass is 10.3. The highest BCUT2D eigenvalue weighted by Crippen LogP contribution is 2.23. The summed E-state index contributed by atoms with van der Waals surface area (Å²) in [7, 11) is 1.62. The molecule has 0 saturated carbocycles. The van der Waals surface area contributed by atoms with Crippen LogP contribution in [-0.4, -0.2) is 32.1 Å². The van der Waals surface area contributed by atoms with Crippen molar-refractivity contribution in [2.75, 3.05) is 7.11 Å². The maximum absolute atomic E-state index is 5.29. The third kappa shape index (κ3) is 2.18. The van der Waals surface area contributed by atoms with Gasteiger partial charge in [0.25, 0.3) is 0 Å². The minimum absolute atomic E-state index is 0.216. The first-order chi connectivity index (χ1) is 8.52. The Bertz CT molecular complexity index is 562. The Morgan fingerprint density at radius 3 is 2.39 bits per heavy atom. The van der Waals surface area contributed by atoms with Gasteiger partial charge in [0.2, 0.25) is 11.7 Å². The first kappa shape index (κ1) is 12.5. The molecule has 6 heteroatoms. The molecule has 2 aromatic rings. The second-order valence-corrected chi connectivity index (χ2v) is 4.42. The van der Waals surface area contributed by atoms with Crippen molar-refractivity contribution in [3.63, 3.8) is 0 Å². The van der Waals surface area contributed by atoms with Gasteiger partial charge in [-0.3, -0.25) is 0 Å². The van der Waals surface area contributed by atoms with E-state index >= 15 is 0 Å². The lowest BCUT2D eigenvalue weighted by molar-refractivity contribution is 0.345. The number of aromatic nitrogens is 5. The van der Waals surface area contributed by atoms with E-state index in [1.54, 1.807) is 11.8 Å². The van der Waals surface area contributed by atoms with Crippen LogP contribution in [0.5, 0.6) is 5.88 Å². The van der Waals surface area contributed by atoms with Gasteiger partial charge in [0, 0.05) is 6.07 Å². The SMILES string of the molecule is COc1cc(-c2nnc(C)c(C)n2)nn1C(C)C. The smallest absolute Gasteiger partial charge is 0.212 e. The first-order valence-electron chi connectivity index (χ1n) is 5.84. The fourth-order valence-electron chi connectivity index (χ4n) is 1.57. The van der Waals surface area contributed by atoms with Crippen molar-refractivity contribution in [2.24, 2.45) is 0 Å². The van der Waals surface area contributed by atoms with Crippen LogP contribution in [-0.2, 0) is 0 Å². The molecule has 0 aromatic carbocycles. The normalized spacial score (nSPS) is 11.0. The molecule has 0 bridgehead atoms. The summed E-state index contributed by atoms with van der Waals surface area (Å²) in [5, 5.41) is 12.6. The molecule has 0 aliphatic heterocycles. The molecule has 0 spiro atoms. The van der Waals surface area contributed by atoms with Crippen molar-refractivity contribution in [3.05, 3.63) is 17.5 Å². The van der Waals surface area contributed by atoms with E-state index in [2.05, 4.69) is 20.3 Å². The van der Waals surface area contributed by atoms with Gasteiger partial charge < -0.3 is 4.74 Å². The molecular formula is C12H17N5O. The zero-order valence-corrected chi connectivity index (χ0v) is 11.3. The summed E-state index contributed by atoms with van der Waals surface area (Å²) in [6.45, 7) is 7.87. The van der Waals surface area contributed by atoms with Crippen molar-refractivity contribution < 1.29 is 4.74 Å². The van der Waals surface area contributed by atoms with Crippen molar-refractivity contribution in [3.8, 4) is 17.4 Å². The molecule has 0 N–H and O–H groups in total. The molecule has 96 valence electrons. The molecule has 6 nitrogen and oxygen atoms in total. The maximum atomic E-state index is 5.29. The van der Waals surface area contributed by atoms with E-state index < -0.39 is 0 Å². The van der Waals surface area contributed by atoms with Crippen LogP contribution < -0.4 is 4.74 Å². The van der Waals surface area contributed by atoms with Crippen molar-refractivity contribution in [2.45, 2.75) is 33.7 Å². The summed E-state index contributed by atoms with van der Waals surface area (Å²) < 4.78 is 7.09. The fraction of sp³-hybridized carbons (Fsp3) is 0.500. The highest BCUT2D eigenvalue weighted by atomic mass is 16.5. The van der Waals surface area contributed by atoms with Gasteiger partial charge in [-0.2, -0.15) is 10.2 Å². The summed E-state index contributed by atoms with van der Waals surface area (Å²) in [5.41, 5.74) is 2.36. The van der Waals surface area contributed by atoms with Gasteiger partial charge in [-0.1, -0.05) is 0 Å². The Kier molecular flexibility index (Phi) is 3.27. The van der Waals surface area contributed by atoms with Crippen molar-refractivity contribution >= 4 is 0 Å². The maximum Gasteiger partial charge on any atom is 0.212 e. The lowest BCUT2D eigenvalue weighted by Crippen LogP contribution is -2.05. The van der Waals surface area contributed by atoms with E-state index in [1.807, 2.05) is 33.8 Å². The van der Waals surface area contributed by atoms with E-state index in [4.69, 9.17) is 4.74 Å². The average Bonchev–Trinajstić information content (AvgIpc) is 2.77. The average molecular weight is 247 g/mol. The van der Waals surface area contributed by atoms with Gasteiger partial charge in [0.05, 0.1) is 24.5 Å². The van der Waals surface area contributed by atoms with Gasteiger partial charge >= 0.3 is 0 Å². The summed E-state index contributed by atoms with van der Waals surface area (Å²) in [6, 6.07) is 2.04. The second kappa shape index (κ2) is 4.72. The van der Waals surface area contributed by atoms with Crippen LogP contribution in [0.2, 0.25) is 0 Å². The number of rotatable bonds is 3. The van der Waals surface area contributed by atoms with Crippen LogP contribution in [0.15, 0.2) is 6.07 Å². The minimum atomic E-state index is 0.216. The zero-order chi connectivity index (χ0) is 13.3. The Morgan fingerprint density at radius 2 is 1.89 bits per heavy atom. The summed E-state index contributed by atoms with van der Waals surface area (Å²) >= 11 is 0. The fourth-order valence-corrected chi connectivity index (χ4v) is 1.57. The van der Waals surface area contributed by atoms with Crippen LogP contribution in [0.4, 0.5) is 0 Å². The molecule has 2 rings (SSSR count). The van der Waals surface area contributed by atoms with E-state index in [0.29, 0.717) is 17.4 Å². The Balaban J connectivity index is 2.47. The Morgan fingerprint density at radius 1 is 1.17 bits per heavy atom. The second-order valence-electron chi connectivity index (χ2n) is 4.42. The van der Waals surface area contributed by atoms with Gasteiger partial charge in [-0.05, 0) is 27.7 Å². The van der Waals surface area contributed by atoms with E-state index in [1.165, 1.54) is 0 Å². The molecule has 0 radical (unpaired) electrons. The van der Waals surface area contributed by atoms with Crippen LogP contribution in [0, 0.1) is 13.8 Å². The molecule has 2 aromatic heterocycles. The number of hydrogen-bond acceptors (Lipinski definition) is 5. The van der Waals surface area contributed by atoms with Crippen molar-refractivity contribution in [1.82, 2.24) is 25.0 Å². The topological polar surface area (TPSA) is 65.7 Å². The van der Waals surface area contributed by atoms with Gasteiger partial charge in [0.15, 0.2) is 0 Å². The molecular weight excluding hydrogens is 230 g/mol. The molecule has 0 amide bonds.